The van der Waals surface area contributed by atoms with Crippen molar-refractivity contribution in [2.75, 3.05) is 39.4 Å². The molecule has 0 saturated carbocycles. The number of carbonyl (C=O) groups is 1. The number of carbonyl (C=O) groups excluding carboxylic acids is 1. The minimum absolute atomic E-state index is 0.141. The van der Waals surface area contributed by atoms with Crippen LogP contribution in [-0.4, -0.2) is 75.3 Å². The smallest absolute Gasteiger partial charge is 0.274 e. The van der Waals surface area contributed by atoms with Crippen molar-refractivity contribution in [1.82, 2.24) is 19.6 Å². The minimum Gasteiger partial charge on any atom is -0.378 e. The van der Waals surface area contributed by atoms with Crippen LogP contribution in [-0.2, 0) is 27.8 Å². The molecule has 3 aromatic rings. The van der Waals surface area contributed by atoms with Gasteiger partial charge in [-0.3, -0.25) is 13.9 Å². The van der Waals surface area contributed by atoms with E-state index in [4.69, 9.17) is 9.84 Å². The number of fused-ring (bicyclic) bond motifs is 3. The molecular weight excluding hydrogens is 479 g/mol. The van der Waals surface area contributed by atoms with E-state index in [1.807, 2.05) is 41.1 Å². The molecule has 7 nitrogen and oxygen atoms in total. The average Bonchev–Trinajstić information content (AvgIpc) is 3.30. The molecule has 1 aromatic heterocycles. The van der Waals surface area contributed by atoms with Crippen molar-refractivity contribution in [2.24, 2.45) is 0 Å². The Morgan fingerprint density at radius 1 is 1.03 bits per heavy atom. The Bertz CT molecular complexity index is 1290. The van der Waals surface area contributed by atoms with Crippen molar-refractivity contribution < 1.29 is 18.1 Å². The van der Waals surface area contributed by atoms with E-state index >= 15 is 0 Å². The van der Waals surface area contributed by atoms with Gasteiger partial charge in [0.2, 0.25) is 0 Å². The van der Waals surface area contributed by atoms with Crippen molar-refractivity contribution in [3.8, 4) is 16.9 Å². The van der Waals surface area contributed by atoms with Crippen molar-refractivity contribution in [2.45, 2.75) is 36.2 Å². The van der Waals surface area contributed by atoms with Crippen LogP contribution in [0, 0.1) is 0 Å². The number of nitrogens with zero attached hydrogens (tertiary/aromatic N) is 4. The molecule has 3 aliphatic rings. The van der Waals surface area contributed by atoms with Gasteiger partial charge >= 0.3 is 0 Å². The zero-order valence-corrected chi connectivity index (χ0v) is 20.9. The summed E-state index contributed by atoms with van der Waals surface area (Å²) in [6.45, 7) is 4.39. The number of morpholine rings is 1. The van der Waals surface area contributed by atoms with Gasteiger partial charge in [-0.2, -0.15) is 5.10 Å². The lowest BCUT2D eigenvalue weighted by Crippen LogP contribution is -2.41. The van der Waals surface area contributed by atoms with Crippen LogP contribution < -0.4 is 0 Å². The van der Waals surface area contributed by atoms with Crippen LogP contribution in [0.1, 0.15) is 34.5 Å². The van der Waals surface area contributed by atoms with Crippen LogP contribution in [0.2, 0.25) is 0 Å². The van der Waals surface area contributed by atoms with Gasteiger partial charge in [-0.1, -0.05) is 30.3 Å². The lowest BCUT2D eigenvalue weighted by atomic mass is 10.0. The van der Waals surface area contributed by atoms with E-state index in [0.717, 1.165) is 52.6 Å². The zero-order valence-electron chi connectivity index (χ0n) is 20.1. The molecule has 188 valence electrons. The van der Waals surface area contributed by atoms with Crippen molar-refractivity contribution >= 4 is 16.7 Å². The Kier molecular flexibility index (Phi) is 6.45. The highest BCUT2D eigenvalue weighted by atomic mass is 32.2. The Balaban J connectivity index is 1.37. The maximum absolute atomic E-state index is 13.5. The number of benzene rings is 2. The van der Waals surface area contributed by atoms with Gasteiger partial charge in [-0.15, -0.1) is 0 Å². The Morgan fingerprint density at radius 3 is 2.50 bits per heavy atom. The summed E-state index contributed by atoms with van der Waals surface area (Å²) in [6.07, 6.45) is 0.511. The molecule has 0 bridgehead atoms. The van der Waals surface area contributed by atoms with E-state index in [0.29, 0.717) is 44.8 Å². The second kappa shape index (κ2) is 9.88. The summed E-state index contributed by atoms with van der Waals surface area (Å²) in [5.74, 6) is 0.123. The first-order chi connectivity index (χ1) is 17.6. The molecule has 2 fully saturated rings. The molecule has 2 aromatic carbocycles. The molecule has 6 rings (SSSR count). The van der Waals surface area contributed by atoms with Crippen molar-refractivity contribution in [1.29, 1.82) is 0 Å². The standard InChI is InChI=1S/C27H29FN4O3S/c28-20-9-11-30(12-10-20)17-19-5-7-21(8-6-19)32-26-22-3-1-2-4-24(22)36(34)18-23(26)25(29-32)27(33)31-13-15-35-16-14-31/h1-8,20H,9-18H2. The molecule has 2 saturated heterocycles. The van der Waals surface area contributed by atoms with Gasteiger partial charge in [0.05, 0.1) is 41.1 Å². The summed E-state index contributed by atoms with van der Waals surface area (Å²) in [6, 6.07) is 15.8. The van der Waals surface area contributed by atoms with Gasteiger partial charge in [-0.25, -0.2) is 9.07 Å². The fourth-order valence-corrected chi connectivity index (χ4v) is 6.60. The number of piperidine rings is 1. The number of rotatable bonds is 4. The molecule has 0 spiro atoms. The van der Waals surface area contributed by atoms with E-state index in [1.165, 1.54) is 0 Å². The number of hydrogen-bond donors (Lipinski definition) is 0. The molecule has 9 heteroatoms. The predicted molar refractivity (Wildman–Crippen MR) is 135 cm³/mol. The lowest BCUT2D eigenvalue weighted by Gasteiger charge is -2.28. The van der Waals surface area contributed by atoms with Crippen LogP contribution in [0.25, 0.3) is 16.9 Å². The van der Waals surface area contributed by atoms with Gasteiger partial charge in [-0.05, 0) is 36.6 Å². The van der Waals surface area contributed by atoms with Gasteiger partial charge in [0.15, 0.2) is 5.69 Å². The van der Waals surface area contributed by atoms with Gasteiger partial charge in [0.1, 0.15) is 6.17 Å². The van der Waals surface area contributed by atoms with E-state index in [2.05, 4.69) is 17.0 Å². The van der Waals surface area contributed by atoms with Crippen molar-refractivity contribution in [3.05, 3.63) is 65.4 Å². The van der Waals surface area contributed by atoms with Crippen LogP contribution >= 0.6 is 0 Å². The highest BCUT2D eigenvalue weighted by Gasteiger charge is 2.34. The van der Waals surface area contributed by atoms with Gasteiger partial charge in [0.25, 0.3) is 5.91 Å². The minimum atomic E-state index is -1.24. The number of hydrogen-bond acceptors (Lipinski definition) is 5. The number of amides is 1. The zero-order chi connectivity index (χ0) is 24.6. The summed E-state index contributed by atoms with van der Waals surface area (Å²) in [5, 5.41) is 4.82. The predicted octanol–water partition coefficient (Wildman–Crippen LogP) is 3.57. The number of likely N-dealkylation sites (tertiary alicyclic amines) is 1. The summed E-state index contributed by atoms with van der Waals surface area (Å²) >= 11 is 0. The fraction of sp³-hybridized carbons (Fsp3) is 0.407. The fourth-order valence-electron chi connectivity index (χ4n) is 5.27. The molecule has 1 unspecified atom stereocenters. The molecule has 3 aliphatic heterocycles. The molecular formula is C27H29FN4O3S. The topological polar surface area (TPSA) is 67.7 Å². The number of halogens is 1. The number of ether oxygens (including phenoxy) is 1. The third kappa shape index (κ3) is 4.40. The van der Waals surface area contributed by atoms with Crippen LogP contribution in [0.3, 0.4) is 0 Å². The van der Waals surface area contributed by atoms with Crippen LogP contribution in [0.4, 0.5) is 4.39 Å². The maximum atomic E-state index is 13.5. The van der Waals surface area contributed by atoms with Crippen LogP contribution in [0.15, 0.2) is 53.4 Å². The molecule has 1 amide bonds. The van der Waals surface area contributed by atoms with Gasteiger partial charge in [0, 0.05) is 48.7 Å². The molecule has 0 aliphatic carbocycles. The van der Waals surface area contributed by atoms with E-state index in [-0.39, 0.29) is 11.7 Å². The van der Waals surface area contributed by atoms with E-state index in [9.17, 15) is 13.4 Å². The summed E-state index contributed by atoms with van der Waals surface area (Å²) in [4.78, 5) is 18.3. The monoisotopic (exact) mass is 508 g/mol. The maximum Gasteiger partial charge on any atom is 0.274 e. The first-order valence-electron chi connectivity index (χ1n) is 12.5. The molecule has 0 radical (unpaired) electrons. The Morgan fingerprint density at radius 2 is 1.75 bits per heavy atom. The molecule has 0 N–H and O–H groups in total. The van der Waals surface area contributed by atoms with Crippen molar-refractivity contribution in [3.63, 3.8) is 0 Å². The molecule has 36 heavy (non-hydrogen) atoms. The quantitative estimate of drug-likeness (QED) is 0.539. The first kappa shape index (κ1) is 23.5. The van der Waals surface area contributed by atoms with E-state index in [1.54, 1.807) is 4.90 Å². The molecule has 1 atom stereocenters. The summed E-state index contributed by atoms with van der Waals surface area (Å²) in [5.41, 5.74) is 4.79. The molecule has 4 heterocycles. The SMILES string of the molecule is O=C(c1nn(-c2ccc(CN3CCC(F)CC3)cc2)c2c1CS(=O)c1ccccc1-2)N1CCOCC1. The largest absolute Gasteiger partial charge is 0.378 e. The summed E-state index contributed by atoms with van der Waals surface area (Å²) < 4.78 is 33.8. The third-order valence-electron chi connectivity index (χ3n) is 7.25. The second-order valence-electron chi connectivity index (χ2n) is 9.60. The normalized spacial score (nSPS) is 20.7. The number of alkyl halides is 1. The highest BCUT2D eigenvalue weighted by molar-refractivity contribution is 7.84. The van der Waals surface area contributed by atoms with Crippen LogP contribution in [0.5, 0.6) is 0 Å². The summed E-state index contributed by atoms with van der Waals surface area (Å²) in [7, 11) is -1.24. The first-order valence-corrected chi connectivity index (χ1v) is 13.8. The third-order valence-corrected chi connectivity index (χ3v) is 8.65. The Hall–Kier alpha value is -2.88. The number of aromatic nitrogens is 2. The Labute approximate surface area is 212 Å². The second-order valence-corrected chi connectivity index (χ2v) is 11.0. The lowest BCUT2D eigenvalue weighted by molar-refractivity contribution is 0.0298. The van der Waals surface area contributed by atoms with E-state index < -0.39 is 17.0 Å². The average molecular weight is 509 g/mol. The van der Waals surface area contributed by atoms with Gasteiger partial charge < -0.3 is 9.64 Å². The highest BCUT2D eigenvalue weighted by Crippen LogP contribution is 2.39.